The first-order valence-corrected chi connectivity index (χ1v) is 10.9. The molecule has 0 radical (unpaired) electrons. The molecule has 0 bridgehead atoms. The summed E-state index contributed by atoms with van der Waals surface area (Å²) in [4.78, 5) is 23.5. The summed E-state index contributed by atoms with van der Waals surface area (Å²) in [6.45, 7) is 3.92. The van der Waals surface area contributed by atoms with Crippen LogP contribution < -0.4 is 20.7 Å². The number of hydrogen-bond donors (Lipinski definition) is 3. The van der Waals surface area contributed by atoms with E-state index in [1.165, 1.54) is 0 Å². The Morgan fingerprint density at radius 1 is 1.37 bits per heavy atom. The third-order valence-corrected chi connectivity index (χ3v) is 6.46. The molecule has 1 saturated heterocycles. The zero-order valence-corrected chi connectivity index (χ0v) is 18.3. The lowest BCUT2D eigenvalue weighted by molar-refractivity contribution is -0.121. The van der Waals surface area contributed by atoms with Crippen LogP contribution in [0.3, 0.4) is 0 Å². The van der Waals surface area contributed by atoms with Crippen LogP contribution in [0.2, 0.25) is 0 Å². The normalized spacial score (nSPS) is 19.8. The number of carbonyl (C=O) groups excluding carboxylic acids is 1. The SMILES string of the molecule is COc1ccnc(Nc2cc(C)cc(C3=C(Cl)NC(N4CCCNC(=O)C4)S3)c2)n1. The van der Waals surface area contributed by atoms with E-state index < -0.39 is 0 Å². The molecule has 1 unspecified atom stereocenters. The monoisotopic (exact) mass is 446 g/mol. The van der Waals surface area contributed by atoms with Crippen LogP contribution >= 0.6 is 23.4 Å². The van der Waals surface area contributed by atoms with Crippen molar-refractivity contribution in [2.75, 3.05) is 32.1 Å². The maximum absolute atomic E-state index is 11.9. The van der Waals surface area contributed by atoms with Gasteiger partial charge in [0.05, 0.1) is 18.6 Å². The largest absolute Gasteiger partial charge is 0.481 e. The molecule has 2 aliphatic heterocycles. The molecule has 10 heteroatoms. The summed E-state index contributed by atoms with van der Waals surface area (Å²) in [6.07, 6.45) is 2.55. The molecular formula is C20H23ClN6O2S. The average Bonchev–Trinajstić information content (AvgIpc) is 2.98. The van der Waals surface area contributed by atoms with Gasteiger partial charge in [0, 0.05) is 31.0 Å². The zero-order valence-electron chi connectivity index (χ0n) is 16.7. The highest BCUT2D eigenvalue weighted by Gasteiger charge is 2.31. The molecule has 3 N–H and O–H groups in total. The number of halogens is 1. The van der Waals surface area contributed by atoms with Gasteiger partial charge in [0.1, 0.15) is 10.7 Å². The number of hydrogen-bond acceptors (Lipinski definition) is 8. The standard InChI is InChI=1S/C20H23ClN6O2S/c1-12-8-13(10-14(9-12)24-19-23-6-4-16(25-19)29-2)17-18(21)26-20(30-17)27-7-3-5-22-15(28)11-27/h4,6,8-10,20,26H,3,5,7,11H2,1-2H3,(H,22,28)(H,23,24,25). The topological polar surface area (TPSA) is 91.4 Å². The minimum atomic E-state index is -0.0741. The highest BCUT2D eigenvalue weighted by molar-refractivity contribution is 8.09. The summed E-state index contributed by atoms with van der Waals surface area (Å²) >= 11 is 8.19. The summed E-state index contributed by atoms with van der Waals surface area (Å²) in [6, 6.07) is 7.81. The first-order chi connectivity index (χ1) is 14.5. The predicted octanol–water partition coefficient (Wildman–Crippen LogP) is 2.84. The van der Waals surface area contributed by atoms with Crippen LogP contribution in [0.25, 0.3) is 4.91 Å². The molecule has 8 nitrogen and oxygen atoms in total. The van der Waals surface area contributed by atoms with E-state index in [0.717, 1.165) is 34.7 Å². The van der Waals surface area contributed by atoms with Gasteiger partial charge in [0.15, 0.2) is 0 Å². The third kappa shape index (κ3) is 4.80. The Morgan fingerprint density at radius 3 is 3.07 bits per heavy atom. The Balaban J connectivity index is 1.53. The van der Waals surface area contributed by atoms with Gasteiger partial charge < -0.3 is 20.7 Å². The second-order valence-corrected chi connectivity index (χ2v) is 8.54. The van der Waals surface area contributed by atoms with Crippen molar-refractivity contribution in [3.63, 3.8) is 0 Å². The van der Waals surface area contributed by atoms with Crippen molar-refractivity contribution in [1.29, 1.82) is 0 Å². The summed E-state index contributed by atoms with van der Waals surface area (Å²) in [5, 5.41) is 10.0. The number of nitrogens with one attached hydrogen (secondary N) is 3. The van der Waals surface area contributed by atoms with Gasteiger partial charge in [-0.15, -0.1) is 0 Å². The van der Waals surface area contributed by atoms with Gasteiger partial charge in [-0.2, -0.15) is 4.98 Å². The Kier molecular flexibility index (Phi) is 6.31. The molecule has 1 aromatic carbocycles. The third-order valence-electron chi connectivity index (χ3n) is 4.74. The molecule has 2 aliphatic rings. The van der Waals surface area contributed by atoms with Crippen LogP contribution in [0, 0.1) is 6.92 Å². The summed E-state index contributed by atoms with van der Waals surface area (Å²) < 4.78 is 5.16. The number of amides is 1. The first-order valence-electron chi connectivity index (χ1n) is 9.61. The van der Waals surface area contributed by atoms with E-state index in [0.29, 0.717) is 30.1 Å². The number of carbonyl (C=O) groups is 1. The van der Waals surface area contributed by atoms with Crippen molar-refractivity contribution < 1.29 is 9.53 Å². The molecular weight excluding hydrogens is 424 g/mol. The molecule has 3 heterocycles. The lowest BCUT2D eigenvalue weighted by atomic mass is 10.1. The number of methoxy groups -OCH3 is 1. The second kappa shape index (κ2) is 9.11. The van der Waals surface area contributed by atoms with Crippen LogP contribution in [-0.2, 0) is 4.79 Å². The molecule has 0 aliphatic carbocycles. The number of rotatable bonds is 5. The number of nitrogens with zero attached hydrogens (tertiary/aromatic N) is 3. The summed E-state index contributed by atoms with van der Waals surface area (Å²) in [5.74, 6) is 0.988. The molecule has 1 atom stereocenters. The highest BCUT2D eigenvalue weighted by Crippen LogP contribution is 2.42. The second-order valence-electron chi connectivity index (χ2n) is 7.07. The minimum absolute atomic E-state index is 0.0415. The molecule has 30 heavy (non-hydrogen) atoms. The summed E-state index contributed by atoms with van der Waals surface area (Å²) in [7, 11) is 1.57. The number of anilines is 2. The van der Waals surface area contributed by atoms with Crippen LogP contribution in [0.5, 0.6) is 5.88 Å². The van der Waals surface area contributed by atoms with Crippen molar-refractivity contribution in [3.05, 3.63) is 46.7 Å². The quantitative estimate of drug-likeness (QED) is 0.604. The van der Waals surface area contributed by atoms with E-state index >= 15 is 0 Å². The molecule has 1 amide bonds. The highest BCUT2D eigenvalue weighted by atomic mass is 35.5. The zero-order chi connectivity index (χ0) is 21.1. The van der Waals surface area contributed by atoms with Gasteiger partial charge in [-0.05, 0) is 36.6 Å². The lowest BCUT2D eigenvalue weighted by Crippen LogP contribution is -2.43. The van der Waals surface area contributed by atoms with E-state index in [4.69, 9.17) is 16.3 Å². The van der Waals surface area contributed by atoms with E-state index in [2.05, 4.69) is 36.9 Å². The van der Waals surface area contributed by atoms with Crippen molar-refractivity contribution in [2.45, 2.75) is 18.8 Å². The van der Waals surface area contributed by atoms with Crippen molar-refractivity contribution in [3.8, 4) is 5.88 Å². The minimum Gasteiger partial charge on any atom is -0.481 e. The number of ether oxygens (including phenoxy) is 1. The maximum Gasteiger partial charge on any atom is 0.234 e. The van der Waals surface area contributed by atoms with Crippen LogP contribution in [0.4, 0.5) is 11.6 Å². The average molecular weight is 447 g/mol. The maximum atomic E-state index is 11.9. The number of aryl methyl sites for hydroxylation is 1. The Hall–Kier alpha value is -2.49. The fourth-order valence-corrected chi connectivity index (χ4v) is 4.94. The predicted molar refractivity (Wildman–Crippen MR) is 120 cm³/mol. The molecule has 0 spiro atoms. The van der Waals surface area contributed by atoms with Gasteiger partial charge in [0.25, 0.3) is 0 Å². The number of benzene rings is 1. The summed E-state index contributed by atoms with van der Waals surface area (Å²) in [5.41, 5.74) is 2.85. The van der Waals surface area contributed by atoms with Crippen LogP contribution in [0.1, 0.15) is 17.5 Å². The smallest absolute Gasteiger partial charge is 0.234 e. The van der Waals surface area contributed by atoms with Crippen LogP contribution in [0.15, 0.2) is 35.6 Å². The Bertz CT molecular complexity index is 986. The van der Waals surface area contributed by atoms with Crippen molar-refractivity contribution in [2.24, 2.45) is 0 Å². The van der Waals surface area contributed by atoms with Crippen molar-refractivity contribution in [1.82, 2.24) is 25.5 Å². The van der Waals surface area contributed by atoms with Gasteiger partial charge in [-0.1, -0.05) is 29.4 Å². The van der Waals surface area contributed by atoms with Gasteiger partial charge in [0.2, 0.25) is 17.7 Å². The molecule has 158 valence electrons. The fourth-order valence-electron chi connectivity index (χ4n) is 3.39. The van der Waals surface area contributed by atoms with Crippen LogP contribution in [-0.4, -0.2) is 53.0 Å². The fraction of sp³-hybridized carbons (Fsp3) is 0.350. The number of aromatic nitrogens is 2. The number of thioether (sulfide) groups is 1. The van der Waals surface area contributed by atoms with E-state index in [1.54, 1.807) is 31.1 Å². The molecule has 2 aromatic rings. The molecule has 0 saturated carbocycles. The lowest BCUT2D eigenvalue weighted by Gasteiger charge is -2.25. The molecule has 1 fully saturated rings. The van der Waals surface area contributed by atoms with E-state index in [1.807, 2.05) is 19.1 Å². The Labute approximate surface area is 184 Å². The van der Waals surface area contributed by atoms with Crippen molar-refractivity contribution >= 4 is 45.8 Å². The molecule has 4 rings (SSSR count). The van der Waals surface area contributed by atoms with Gasteiger partial charge in [-0.25, -0.2) is 4.98 Å². The molecule has 1 aromatic heterocycles. The van der Waals surface area contributed by atoms with E-state index in [9.17, 15) is 4.79 Å². The van der Waals surface area contributed by atoms with E-state index in [-0.39, 0.29) is 11.4 Å². The van der Waals surface area contributed by atoms with Gasteiger partial charge in [-0.3, -0.25) is 9.69 Å². The first kappa shape index (κ1) is 20.8. The Morgan fingerprint density at radius 2 is 2.23 bits per heavy atom. The van der Waals surface area contributed by atoms with Gasteiger partial charge >= 0.3 is 0 Å².